The summed E-state index contributed by atoms with van der Waals surface area (Å²) in [5, 5.41) is 7.12. The highest BCUT2D eigenvalue weighted by atomic mass is 16.2. The molecule has 0 saturated carbocycles. The lowest BCUT2D eigenvalue weighted by Gasteiger charge is -2.23. The van der Waals surface area contributed by atoms with Gasteiger partial charge in [-0.05, 0) is 18.4 Å². The Morgan fingerprint density at radius 1 is 0.963 bits per heavy atom. The first kappa shape index (κ1) is 15.9. The van der Waals surface area contributed by atoms with Crippen molar-refractivity contribution in [1.29, 1.82) is 0 Å². The lowest BCUT2D eigenvalue weighted by atomic mass is 9.85. The molecule has 8 heteroatoms. The van der Waals surface area contributed by atoms with E-state index in [-0.39, 0.29) is 53.9 Å². The average Bonchev–Trinajstić information content (AvgIpc) is 3.21. The molecule has 1 aliphatic carbocycles. The van der Waals surface area contributed by atoms with Gasteiger partial charge >= 0.3 is 0 Å². The van der Waals surface area contributed by atoms with Gasteiger partial charge in [-0.25, -0.2) is 9.58 Å². The van der Waals surface area contributed by atoms with Crippen molar-refractivity contribution in [3.05, 3.63) is 48.0 Å². The third-order valence-corrected chi connectivity index (χ3v) is 5.44. The van der Waals surface area contributed by atoms with Crippen LogP contribution in [0.15, 0.2) is 42.5 Å². The van der Waals surface area contributed by atoms with Crippen molar-refractivity contribution in [1.82, 2.24) is 14.8 Å². The van der Waals surface area contributed by atoms with Crippen molar-refractivity contribution in [3.8, 4) is 0 Å². The summed E-state index contributed by atoms with van der Waals surface area (Å²) in [6.45, 7) is 0. The quantitative estimate of drug-likeness (QED) is 0.647. The Kier molecular flexibility index (Phi) is 3.46. The summed E-state index contributed by atoms with van der Waals surface area (Å²) >= 11 is 0. The second-order valence-corrected chi connectivity index (χ2v) is 7.03. The van der Waals surface area contributed by atoms with E-state index in [1.165, 1.54) is 0 Å². The molecule has 1 saturated heterocycles. The lowest BCUT2D eigenvalue weighted by molar-refractivity contribution is -0.122. The second-order valence-electron chi connectivity index (χ2n) is 7.03. The molecule has 3 atom stereocenters. The highest BCUT2D eigenvalue weighted by Crippen LogP contribution is 2.38. The van der Waals surface area contributed by atoms with E-state index in [1.54, 1.807) is 4.68 Å². The van der Waals surface area contributed by atoms with Gasteiger partial charge in [-0.2, -0.15) is 4.98 Å². The van der Waals surface area contributed by atoms with Gasteiger partial charge in [-0.3, -0.25) is 19.7 Å². The number of amides is 3. The van der Waals surface area contributed by atoms with Crippen LogP contribution in [0.1, 0.15) is 30.9 Å². The van der Waals surface area contributed by atoms with Gasteiger partial charge in [0.2, 0.25) is 23.7 Å². The zero-order valence-corrected chi connectivity index (χ0v) is 14.4. The number of hydrogen-bond acceptors (Lipinski definition) is 5. The topological polar surface area (TPSA) is 97.2 Å². The fourth-order valence-electron chi connectivity index (χ4n) is 4.08. The zero-order valence-electron chi connectivity index (χ0n) is 14.4. The predicted molar refractivity (Wildman–Crippen MR) is 95.7 cm³/mol. The van der Waals surface area contributed by atoms with Crippen molar-refractivity contribution in [2.75, 3.05) is 10.2 Å². The number of rotatable bonds is 2. The Labute approximate surface area is 154 Å². The Morgan fingerprint density at radius 2 is 1.63 bits per heavy atom. The molecule has 2 aliphatic heterocycles. The molecule has 8 nitrogen and oxygen atoms in total. The number of nitrogens with one attached hydrogen (secondary N) is 1. The van der Waals surface area contributed by atoms with Crippen molar-refractivity contribution in [3.63, 3.8) is 0 Å². The minimum Gasteiger partial charge on any atom is -0.295 e. The molecule has 0 radical (unpaired) electrons. The van der Waals surface area contributed by atoms with Crippen LogP contribution in [-0.4, -0.2) is 32.5 Å². The number of hydrogen-bond donors (Lipinski definition) is 1. The van der Waals surface area contributed by atoms with Gasteiger partial charge in [-0.15, -0.1) is 5.10 Å². The molecule has 1 fully saturated rings. The van der Waals surface area contributed by atoms with E-state index in [0.717, 1.165) is 10.5 Å². The summed E-state index contributed by atoms with van der Waals surface area (Å²) in [6.07, 6.45) is 5.21. The normalized spacial score (nSPS) is 26.7. The van der Waals surface area contributed by atoms with E-state index in [0.29, 0.717) is 12.8 Å². The average molecular weight is 363 g/mol. The molecule has 3 heterocycles. The van der Waals surface area contributed by atoms with Gasteiger partial charge in [0.25, 0.3) is 5.95 Å². The van der Waals surface area contributed by atoms with Gasteiger partial charge < -0.3 is 0 Å². The number of benzene rings is 1. The molecule has 3 amide bonds. The molecule has 3 aliphatic rings. The summed E-state index contributed by atoms with van der Waals surface area (Å²) in [4.78, 5) is 43.1. The van der Waals surface area contributed by atoms with Gasteiger partial charge in [0, 0.05) is 0 Å². The molecular formula is C19H17N5O3. The number of carbonyl (C=O) groups is 3. The first-order valence-corrected chi connectivity index (χ1v) is 8.97. The number of nitrogens with zero attached hydrogens (tertiary/aromatic N) is 4. The van der Waals surface area contributed by atoms with Crippen LogP contribution < -0.4 is 10.2 Å². The number of anilines is 2. The van der Waals surface area contributed by atoms with Gasteiger partial charge in [-0.1, -0.05) is 42.5 Å². The van der Waals surface area contributed by atoms with E-state index in [2.05, 4.69) is 15.4 Å². The van der Waals surface area contributed by atoms with Gasteiger partial charge in [0.05, 0.1) is 24.3 Å². The minimum atomic E-state index is -0.345. The molecule has 1 aromatic heterocycles. The van der Waals surface area contributed by atoms with E-state index < -0.39 is 0 Å². The minimum absolute atomic E-state index is 0.0394. The Balaban J connectivity index is 1.54. The SMILES string of the molecule is O=C1C[C@H](c2ccccc2)n2nc(N3C(=O)[C@H]4CC=CC[C@@H]4C3=O)nc2N1. The highest BCUT2D eigenvalue weighted by molar-refractivity contribution is 6.21. The lowest BCUT2D eigenvalue weighted by Crippen LogP contribution is -2.32. The van der Waals surface area contributed by atoms with Gasteiger partial charge in [0.1, 0.15) is 0 Å². The third-order valence-electron chi connectivity index (χ3n) is 5.44. The van der Waals surface area contributed by atoms with Crippen LogP contribution in [0.3, 0.4) is 0 Å². The van der Waals surface area contributed by atoms with E-state index >= 15 is 0 Å². The summed E-state index contributed by atoms with van der Waals surface area (Å²) in [5.41, 5.74) is 0.919. The molecule has 5 rings (SSSR count). The molecule has 136 valence electrons. The second kappa shape index (κ2) is 5.87. The Hall–Kier alpha value is -3.29. The van der Waals surface area contributed by atoms with Crippen molar-refractivity contribution in [2.45, 2.75) is 25.3 Å². The maximum absolute atomic E-state index is 12.8. The van der Waals surface area contributed by atoms with Crippen LogP contribution in [-0.2, 0) is 14.4 Å². The molecule has 0 bridgehead atoms. The monoisotopic (exact) mass is 363 g/mol. The number of fused-ring (bicyclic) bond motifs is 2. The first-order valence-electron chi connectivity index (χ1n) is 8.97. The largest absolute Gasteiger partial charge is 0.295 e. The molecule has 1 aromatic carbocycles. The maximum atomic E-state index is 12.8. The summed E-state index contributed by atoms with van der Waals surface area (Å²) in [7, 11) is 0. The molecular weight excluding hydrogens is 346 g/mol. The standard InChI is InChI=1S/C19H17N5O3/c25-15-10-14(11-6-2-1-3-7-11)24-18(20-15)21-19(22-24)23-16(26)12-8-4-5-9-13(12)17(23)27/h1-7,12-14H,8-10H2,(H,20,21,22,25)/t12-,13-,14+/m0/s1. The molecule has 2 aromatic rings. The Morgan fingerprint density at radius 3 is 2.30 bits per heavy atom. The summed E-state index contributed by atoms with van der Waals surface area (Å²) < 4.78 is 1.59. The van der Waals surface area contributed by atoms with Gasteiger partial charge in [0.15, 0.2) is 0 Å². The first-order chi connectivity index (χ1) is 13.1. The fraction of sp³-hybridized carbons (Fsp3) is 0.316. The van der Waals surface area contributed by atoms with Crippen LogP contribution in [0.5, 0.6) is 0 Å². The molecule has 0 spiro atoms. The van der Waals surface area contributed by atoms with Crippen LogP contribution in [0.4, 0.5) is 11.9 Å². The Bertz CT molecular complexity index is 954. The zero-order chi connectivity index (χ0) is 18.5. The van der Waals surface area contributed by atoms with Crippen molar-refractivity contribution >= 4 is 29.6 Å². The van der Waals surface area contributed by atoms with Crippen LogP contribution >= 0.6 is 0 Å². The van der Waals surface area contributed by atoms with E-state index in [4.69, 9.17) is 0 Å². The van der Waals surface area contributed by atoms with Crippen LogP contribution in [0.2, 0.25) is 0 Å². The highest BCUT2D eigenvalue weighted by Gasteiger charge is 2.49. The summed E-state index contributed by atoms with van der Waals surface area (Å²) in [5.74, 6) is -1.10. The fourth-order valence-corrected chi connectivity index (χ4v) is 4.08. The van der Waals surface area contributed by atoms with E-state index in [1.807, 2.05) is 42.5 Å². The number of aromatic nitrogens is 3. The molecule has 27 heavy (non-hydrogen) atoms. The predicted octanol–water partition coefficient (Wildman–Crippen LogP) is 1.67. The number of allylic oxidation sites excluding steroid dienone is 2. The number of carbonyl (C=O) groups excluding carboxylic acids is 3. The van der Waals surface area contributed by atoms with Crippen molar-refractivity contribution < 1.29 is 14.4 Å². The molecule has 1 N–H and O–H groups in total. The van der Waals surface area contributed by atoms with Crippen LogP contribution in [0.25, 0.3) is 0 Å². The maximum Gasteiger partial charge on any atom is 0.260 e. The van der Waals surface area contributed by atoms with Crippen molar-refractivity contribution in [2.24, 2.45) is 11.8 Å². The van der Waals surface area contributed by atoms with E-state index in [9.17, 15) is 14.4 Å². The number of imide groups is 1. The summed E-state index contributed by atoms with van der Waals surface area (Å²) in [6, 6.07) is 9.20. The molecule has 0 unspecified atom stereocenters. The third kappa shape index (κ3) is 2.40. The smallest absolute Gasteiger partial charge is 0.260 e. The van der Waals surface area contributed by atoms with Crippen LogP contribution in [0, 0.1) is 11.8 Å².